The second kappa shape index (κ2) is 7.16. The Morgan fingerprint density at radius 2 is 2.15 bits per heavy atom. The maximum Gasteiger partial charge on any atom is 0.130 e. The molecule has 0 radical (unpaired) electrons. The predicted octanol–water partition coefficient (Wildman–Crippen LogP) is 4.68. The van der Waals surface area contributed by atoms with Gasteiger partial charge in [0.15, 0.2) is 0 Å². The van der Waals surface area contributed by atoms with E-state index in [1.54, 1.807) is 17.5 Å². The number of benzene rings is 1. The maximum atomic E-state index is 9.48. The molecule has 1 aromatic carbocycles. The first-order chi connectivity index (χ1) is 12.6. The van der Waals surface area contributed by atoms with Crippen molar-refractivity contribution < 1.29 is 9.84 Å². The molecule has 2 atom stereocenters. The van der Waals surface area contributed by atoms with Crippen LogP contribution in [0.15, 0.2) is 30.5 Å². The number of aliphatic hydroxyl groups excluding tert-OH is 1. The minimum atomic E-state index is 0.00925. The van der Waals surface area contributed by atoms with Crippen molar-refractivity contribution in [1.29, 1.82) is 0 Å². The van der Waals surface area contributed by atoms with E-state index in [0.717, 1.165) is 56.8 Å². The lowest BCUT2D eigenvalue weighted by atomic mass is 10.0. The number of aromatic nitrogens is 1. The van der Waals surface area contributed by atoms with Crippen molar-refractivity contribution in [3.05, 3.63) is 45.9 Å². The van der Waals surface area contributed by atoms with Crippen LogP contribution in [-0.4, -0.2) is 22.2 Å². The van der Waals surface area contributed by atoms with E-state index in [4.69, 9.17) is 22.1 Å². The number of aryl methyl sites for hydroxylation is 1. The third-order valence-corrected chi connectivity index (χ3v) is 6.28. The number of aliphatic hydroxyl groups is 1. The van der Waals surface area contributed by atoms with Crippen LogP contribution in [0.4, 0.5) is 0 Å². The maximum absolute atomic E-state index is 9.48. The Hall–Kier alpha value is -1.66. The number of nitrogens with zero attached hydrogens (tertiary/aromatic N) is 1. The Balaban J connectivity index is 1.87. The third-order valence-electron chi connectivity index (χ3n) is 4.92. The lowest BCUT2D eigenvalue weighted by molar-refractivity contribution is 0.191. The topological polar surface area (TPSA) is 68.4 Å². The fraction of sp³-hybridized carbons (Fsp3) is 0.350. The van der Waals surface area contributed by atoms with Crippen LogP contribution < -0.4 is 10.5 Å². The van der Waals surface area contributed by atoms with Crippen LogP contribution in [0.1, 0.15) is 29.7 Å². The molecule has 136 valence electrons. The molecule has 3 aromatic rings. The Kier molecular flexibility index (Phi) is 4.88. The number of hydrogen-bond donors (Lipinski definition) is 2. The van der Waals surface area contributed by atoms with Crippen molar-refractivity contribution in [3.8, 4) is 16.9 Å². The number of pyridine rings is 1. The van der Waals surface area contributed by atoms with Crippen LogP contribution in [0.5, 0.6) is 5.75 Å². The zero-order valence-corrected chi connectivity index (χ0v) is 16.1. The van der Waals surface area contributed by atoms with E-state index in [1.165, 1.54) is 0 Å². The normalized spacial score (nSPS) is 20.0. The van der Waals surface area contributed by atoms with E-state index in [2.05, 4.69) is 4.98 Å². The molecule has 26 heavy (non-hydrogen) atoms. The number of fused-ring (bicyclic) bond motifs is 1. The summed E-state index contributed by atoms with van der Waals surface area (Å²) in [4.78, 5) is 5.32. The Bertz CT molecular complexity index is 956. The highest BCUT2D eigenvalue weighted by Gasteiger charge is 2.27. The van der Waals surface area contributed by atoms with E-state index in [-0.39, 0.29) is 18.8 Å². The molecule has 0 saturated heterocycles. The minimum Gasteiger partial charge on any atom is -0.488 e. The average Bonchev–Trinajstić information content (AvgIpc) is 3.22. The molecular weight excluding hydrogens is 368 g/mol. The molecule has 4 rings (SSSR count). The second-order valence-corrected chi connectivity index (χ2v) is 8.37. The van der Waals surface area contributed by atoms with Crippen molar-refractivity contribution in [3.63, 3.8) is 0 Å². The summed E-state index contributed by atoms with van der Waals surface area (Å²) in [6, 6.07) is 7.84. The van der Waals surface area contributed by atoms with E-state index < -0.39 is 0 Å². The Morgan fingerprint density at radius 3 is 2.88 bits per heavy atom. The quantitative estimate of drug-likeness (QED) is 0.681. The molecule has 0 amide bonds. The van der Waals surface area contributed by atoms with Crippen LogP contribution in [0.25, 0.3) is 21.3 Å². The molecular formula is C20H21ClN2O2S. The molecule has 1 fully saturated rings. The van der Waals surface area contributed by atoms with E-state index in [1.807, 2.05) is 31.2 Å². The fourth-order valence-electron chi connectivity index (χ4n) is 3.62. The smallest absolute Gasteiger partial charge is 0.130 e. The lowest BCUT2D eigenvalue weighted by Gasteiger charge is -2.22. The summed E-state index contributed by atoms with van der Waals surface area (Å²) in [6.07, 6.45) is 4.88. The van der Waals surface area contributed by atoms with Gasteiger partial charge in [-0.2, -0.15) is 0 Å². The van der Waals surface area contributed by atoms with Crippen LogP contribution in [0, 0.1) is 6.92 Å². The zero-order valence-electron chi connectivity index (χ0n) is 14.5. The van der Waals surface area contributed by atoms with Crippen molar-refractivity contribution in [2.75, 3.05) is 0 Å². The molecule has 0 spiro atoms. The molecule has 1 aliphatic carbocycles. The number of ether oxygens (including phenoxy) is 1. The first-order valence-electron chi connectivity index (χ1n) is 8.78. The number of nitrogens with two attached hydrogens (primary N) is 1. The monoisotopic (exact) mass is 388 g/mol. The third kappa shape index (κ3) is 3.21. The SMILES string of the molecule is Cc1cc(Cl)cc(-c2ccnc3cc(CO)sc23)c1O[C@@H]1CCC[C@@H]1N. The van der Waals surface area contributed by atoms with Gasteiger partial charge in [-0.05, 0) is 56.0 Å². The van der Waals surface area contributed by atoms with Crippen molar-refractivity contribution in [1.82, 2.24) is 4.98 Å². The molecule has 0 aliphatic heterocycles. The molecule has 2 aromatic heterocycles. The molecule has 4 nitrogen and oxygen atoms in total. The van der Waals surface area contributed by atoms with Gasteiger partial charge >= 0.3 is 0 Å². The van der Waals surface area contributed by atoms with Crippen LogP contribution in [0.2, 0.25) is 5.02 Å². The summed E-state index contributed by atoms with van der Waals surface area (Å²) in [5, 5.41) is 10.2. The Morgan fingerprint density at radius 1 is 1.31 bits per heavy atom. The van der Waals surface area contributed by atoms with Crippen molar-refractivity contribution in [2.24, 2.45) is 5.73 Å². The lowest BCUT2D eigenvalue weighted by Crippen LogP contribution is -2.33. The molecule has 1 saturated carbocycles. The largest absolute Gasteiger partial charge is 0.488 e. The van der Waals surface area contributed by atoms with Gasteiger partial charge in [-0.3, -0.25) is 4.98 Å². The van der Waals surface area contributed by atoms with Gasteiger partial charge in [-0.25, -0.2) is 0 Å². The van der Waals surface area contributed by atoms with Crippen LogP contribution in [0.3, 0.4) is 0 Å². The summed E-state index contributed by atoms with van der Waals surface area (Å²) < 4.78 is 7.42. The van der Waals surface area contributed by atoms with Gasteiger partial charge in [0.05, 0.1) is 16.8 Å². The van der Waals surface area contributed by atoms with Gasteiger partial charge in [0, 0.05) is 33.3 Å². The van der Waals surface area contributed by atoms with E-state index >= 15 is 0 Å². The summed E-state index contributed by atoms with van der Waals surface area (Å²) in [7, 11) is 0. The second-order valence-electron chi connectivity index (χ2n) is 6.79. The molecule has 2 heterocycles. The van der Waals surface area contributed by atoms with Gasteiger partial charge in [-0.15, -0.1) is 11.3 Å². The first-order valence-corrected chi connectivity index (χ1v) is 9.97. The number of hydrogen-bond acceptors (Lipinski definition) is 5. The van der Waals surface area contributed by atoms with Gasteiger partial charge in [0.2, 0.25) is 0 Å². The fourth-order valence-corrected chi connectivity index (χ4v) is 4.89. The highest BCUT2D eigenvalue weighted by atomic mass is 35.5. The van der Waals surface area contributed by atoms with Crippen molar-refractivity contribution in [2.45, 2.75) is 44.9 Å². The predicted molar refractivity (Wildman–Crippen MR) is 107 cm³/mol. The zero-order chi connectivity index (χ0) is 18.3. The minimum absolute atomic E-state index is 0.00925. The summed E-state index contributed by atoms with van der Waals surface area (Å²) in [6.45, 7) is 2.02. The van der Waals surface area contributed by atoms with Crippen LogP contribution >= 0.6 is 22.9 Å². The van der Waals surface area contributed by atoms with Crippen molar-refractivity contribution >= 4 is 33.2 Å². The number of rotatable bonds is 4. The number of halogens is 1. The van der Waals surface area contributed by atoms with Gasteiger partial charge < -0.3 is 15.6 Å². The van der Waals surface area contributed by atoms with Gasteiger partial charge in [-0.1, -0.05) is 11.6 Å². The highest BCUT2D eigenvalue weighted by molar-refractivity contribution is 7.19. The first kappa shape index (κ1) is 17.7. The molecule has 1 aliphatic rings. The van der Waals surface area contributed by atoms with Gasteiger partial charge in [0.1, 0.15) is 11.9 Å². The van der Waals surface area contributed by atoms with E-state index in [9.17, 15) is 5.11 Å². The number of thiophene rings is 1. The highest BCUT2D eigenvalue weighted by Crippen LogP contribution is 2.42. The Labute approximate surface area is 161 Å². The summed E-state index contributed by atoms with van der Waals surface area (Å²) >= 11 is 7.92. The molecule has 0 bridgehead atoms. The van der Waals surface area contributed by atoms with Crippen LogP contribution in [-0.2, 0) is 6.61 Å². The molecule has 3 N–H and O–H groups in total. The molecule has 0 unspecified atom stereocenters. The van der Waals surface area contributed by atoms with Gasteiger partial charge in [0.25, 0.3) is 0 Å². The summed E-state index contributed by atoms with van der Waals surface area (Å²) in [5.41, 5.74) is 10.1. The molecule has 6 heteroatoms. The standard InChI is InChI=1S/C20H21ClN2O2S/c1-11-7-12(21)8-15(19(11)25-18-4-2-3-16(18)22)14-5-6-23-17-9-13(10-24)26-20(14)17/h5-9,16,18,24H,2-4,10,22H2,1H3/t16-,18+/m0/s1. The summed E-state index contributed by atoms with van der Waals surface area (Å²) in [5.74, 6) is 0.836. The van der Waals surface area contributed by atoms with E-state index in [0.29, 0.717) is 5.02 Å². The average molecular weight is 389 g/mol.